The van der Waals surface area contributed by atoms with E-state index in [1.165, 1.54) is 30.3 Å². The number of carbonyl (C=O) groups excluding carboxylic acids is 1. The van der Waals surface area contributed by atoms with E-state index in [9.17, 15) is 25.0 Å². The SMILES string of the molecule is O=C1Nc2ccc([N+](=O)[O-])cc2/C1=N/N=C\C1=C(N2CCOCC2)C(=C/c2cccc([N+](=O)[O-])c2)/CC1. The van der Waals surface area contributed by atoms with Crippen LogP contribution in [0.5, 0.6) is 0 Å². The third kappa shape index (κ3) is 5.00. The second kappa shape index (κ2) is 10.1. The van der Waals surface area contributed by atoms with Crippen LogP contribution in [-0.2, 0) is 9.53 Å². The van der Waals surface area contributed by atoms with Crippen molar-refractivity contribution in [1.29, 1.82) is 0 Å². The maximum Gasteiger partial charge on any atom is 0.276 e. The van der Waals surface area contributed by atoms with Crippen molar-refractivity contribution in [2.75, 3.05) is 31.6 Å². The lowest BCUT2D eigenvalue weighted by atomic mass is 10.1. The number of hydrogen-bond donors (Lipinski definition) is 1. The summed E-state index contributed by atoms with van der Waals surface area (Å²) in [6.45, 7) is 2.53. The molecule has 0 atom stereocenters. The molecule has 1 N–H and O–H groups in total. The van der Waals surface area contributed by atoms with Crippen molar-refractivity contribution in [1.82, 2.24) is 4.90 Å². The predicted octanol–water partition coefficient (Wildman–Crippen LogP) is 3.69. The van der Waals surface area contributed by atoms with Gasteiger partial charge in [-0.2, -0.15) is 5.10 Å². The Balaban J connectivity index is 1.49. The van der Waals surface area contributed by atoms with E-state index >= 15 is 0 Å². The fraction of sp³-hybridized carbons (Fsp3) is 0.240. The van der Waals surface area contributed by atoms with Crippen molar-refractivity contribution in [3.63, 3.8) is 0 Å². The molecule has 2 aromatic carbocycles. The van der Waals surface area contributed by atoms with Crippen LogP contribution in [0.25, 0.3) is 6.08 Å². The van der Waals surface area contributed by atoms with Gasteiger partial charge in [-0.05, 0) is 41.7 Å². The van der Waals surface area contributed by atoms with Crippen LogP contribution >= 0.6 is 0 Å². The van der Waals surface area contributed by atoms with Gasteiger partial charge in [0.1, 0.15) is 0 Å². The quantitative estimate of drug-likeness (QED) is 0.359. The number of carbonyl (C=O) groups is 1. The molecule has 0 saturated carbocycles. The molecule has 12 nitrogen and oxygen atoms in total. The van der Waals surface area contributed by atoms with E-state index in [0.717, 1.165) is 22.4 Å². The molecule has 1 aliphatic carbocycles. The summed E-state index contributed by atoms with van der Waals surface area (Å²) in [6.07, 6.45) is 4.94. The number of fused-ring (bicyclic) bond motifs is 1. The Hall–Kier alpha value is -4.71. The number of non-ortho nitro benzene ring substituents is 2. The van der Waals surface area contributed by atoms with Crippen LogP contribution in [0.2, 0.25) is 0 Å². The van der Waals surface area contributed by atoms with E-state index in [-0.39, 0.29) is 17.1 Å². The molecular weight excluding hydrogens is 480 g/mol. The van der Waals surface area contributed by atoms with Gasteiger partial charge in [0, 0.05) is 48.6 Å². The Morgan fingerprint density at radius 2 is 1.76 bits per heavy atom. The maximum atomic E-state index is 12.4. The number of allylic oxidation sites excluding steroid dienone is 2. The minimum Gasteiger partial charge on any atom is -0.378 e. The number of anilines is 1. The van der Waals surface area contributed by atoms with E-state index in [4.69, 9.17) is 4.74 Å². The number of benzene rings is 2. The molecule has 37 heavy (non-hydrogen) atoms. The highest BCUT2D eigenvalue weighted by Crippen LogP contribution is 2.35. The summed E-state index contributed by atoms with van der Waals surface area (Å²) in [5.41, 5.74) is 4.32. The standard InChI is InChI=1S/C25H22N6O6/c32-25-23(21-14-20(31(35)36)6-7-22(21)27-25)28-26-15-18-5-4-17(24(18)29-8-10-37-11-9-29)12-16-2-1-3-19(13-16)30(33)34/h1-3,6-7,12-15H,4-5,8-11H2,(H,27,28,32)/b17-12+,26-15-. The molecule has 2 aromatic rings. The smallest absolute Gasteiger partial charge is 0.276 e. The molecule has 12 heteroatoms. The van der Waals surface area contributed by atoms with E-state index in [1.807, 2.05) is 12.1 Å². The third-order valence-electron chi connectivity index (χ3n) is 6.32. The molecule has 1 saturated heterocycles. The molecule has 1 amide bonds. The van der Waals surface area contributed by atoms with Gasteiger partial charge in [0.15, 0.2) is 5.71 Å². The molecule has 1 fully saturated rings. The molecule has 3 aliphatic rings. The highest BCUT2D eigenvalue weighted by atomic mass is 16.6. The van der Waals surface area contributed by atoms with Gasteiger partial charge >= 0.3 is 0 Å². The van der Waals surface area contributed by atoms with Crippen LogP contribution in [-0.4, -0.2) is 58.9 Å². The first-order valence-electron chi connectivity index (χ1n) is 11.6. The van der Waals surface area contributed by atoms with Gasteiger partial charge in [0.05, 0.1) is 35.0 Å². The molecule has 0 bridgehead atoms. The van der Waals surface area contributed by atoms with E-state index in [1.54, 1.807) is 12.3 Å². The highest BCUT2D eigenvalue weighted by molar-refractivity contribution is 6.53. The van der Waals surface area contributed by atoms with Crippen molar-refractivity contribution >= 4 is 41.0 Å². The van der Waals surface area contributed by atoms with Crippen LogP contribution in [0.3, 0.4) is 0 Å². The normalized spacial score (nSPS) is 19.7. The van der Waals surface area contributed by atoms with Gasteiger partial charge in [0.25, 0.3) is 17.3 Å². The minimum atomic E-state index is -0.531. The van der Waals surface area contributed by atoms with Gasteiger partial charge in [-0.3, -0.25) is 25.0 Å². The van der Waals surface area contributed by atoms with E-state index in [0.29, 0.717) is 50.4 Å². The van der Waals surface area contributed by atoms with Crippen molar-refractivity contribution < 1.29 is 19.4 Å². The molecule has 188 valence electrons. The lowest BCUT2D eigenvalue weighted by molar-refractivity contribution is -0.385. The zero-order valence-corrected chi connectivity index (χ0v) is 19.6. The summed E-state index contributed by atoms with van der Waals surface area (Å²) in [5.74, 6) is -0.479. The lowest BCUT2D eigenvalue weighted by Gasteiger charge is -2.31. The number of nitro groups is 2. The predicted molar refractivity (Wildman–Crippen MR) is 136 cm³/mol. The monoisotopic (exact) mass is 502 g/mol. The van der Waals surface area contributed by atoms with Crippen LogP contribution in [0, 0.1) is 20.2 Å². The number of amides is 1. The van der Waals surface area contributed by atoms with Crippen molar-refractivity contribution in [2.45, 2.75) is 12.8 Å². The van der Waals surface area contributed by atoms with Gasteiger partial charge in [-0.1, -0.05) is 12.1 Å². The average molecular weight is 502 g/mol. The van der Waals surface area contributed by atoms with Crippen molar-refractivity contribution in [2.24, 2.45) is 10.2 Å². The second-order valence-corrected chi connectivity index (χ2v) is 8.63. The molecule has 0 unspecified atom stereocenters. The van der Waals surface area contributed by atoms with Crippen LogP contribution in [0.15, 0.2) is 69.5 Å². The fourth-order valence-corrected chi connectivity index (χ4v) is 4.61. The van der Waals surface area contributed by atoms with Gasteiger partial charge in [-0.15, -0.1) is 5.10 Å². The molecule has 2 aliphatic heterocycles. The van der Waals surface area contributed by atoms with Crippen LogP contribution < -0.4 is 5.32 Å². The summed E-state index contributed by atoms with van der Waals surface area (Å²) in [6, 6.07) is 10.6. The first-order chi connectivity index (χ1) is 17.9. The number of rotatable bonds is 6. The Morgan fingerprint density at radius 1 is 1.00 bits per heavy atom. The first-order valence-corrected chi connectivity index (χ1v) is 11.6. The molecule has 0 radical (unpaired) electrons. The summed E-state index contributed by atoms with van der Waals surface area (Å²) in [4.78, 5) is 36.0. The number of nitrogens with zero attached hydrogens (tertiary/aromatic N) is 5. The summed E-state index contributed by atoms with van der Waals surface area (Å²) >= 11 is 0. The zero-order chi connectivity index (χ0) is 25.9. The number of nitrogens with one attached hydrogen (secondary N) is 1. The van der Waals surface area contributed by atoms with Gasteiger partial charge in [-0.25, -0.2) is 0 Å². The highest BCUT2D eigenvalue weighted by Gasteiger charge is 2.29. The Labute approximate surface area is 210 Å². The van der Waals surface area contributed by atoms with E-state index < -0.39 is 15.8 Å². The summed E-state index contributed by atoms with van der Waals surface area (Å²) in [7, 11) is 0. The van der Waals surface area contributed by atoms with E-state index in [2.05, 4.69) is 20.4 Å². The minimum absolute atomic E-state index is 0.00818. The number of morpholine rings is 1. The topological polar surface area (TPSA) is 153 Å². The van der Waals surface area contributed by atoms with Crippen LogP contribution in [0.1, 0.15) is 24.0 Å². The number of ether oxygens (including phenoxy) is 1. The molecular formula is C25H22N6O6. The Bertz CT molecular complexity index is 1420. The second-order valence-electron chi connectivity index (χ2n) is 8.63. The maximum absolute atomic E-state index is 12.4. The first kappa shape index (κ1) is 24.0. The van der Waals surface area contributed by atoms with Crippen molar-refractivity contribution in [3.05, 3.63) is 90.7 Å². The molecule has 5 rings (SSSR count). The molecule has 0 aromatic heterocycles. The number of nitro benzene ring substituents is 2. The summed E-state index contributed by atoms with van der Waals surface area (Å²) in [5, 5.41) is 33.3. The average Bonchev–Trinajstić information content (AvgIpc) is 3.44. The largest absolute Gasteiger partial charge is 0.378 e. The zero-order valence-electron chi connectivity index (χ0n) is 19.6. The lowest BCUT2D eigenvalue weighted by Crippen LogP contribution is -2.36. The Kier molecular flexibility index (Phi) is 6.56. The summed E-state index contributed by atoms with van der Waals surface area (Å²) < 4.78 is 5.50. The third-order valence-corrected chi connectivity index (χ3v) is 6.32. The van der Waals surface area contributed by atoms with Gasteiger partial charge < -0.3 is 15.0 Å². The van der Waals surface area contributed by atoms with Crippen molar-refractivity contribution in [3.8, 4) is 0 Å². The van der Waals surface area contributed by atoms with Crippen LogP contribution in [0.4, 0.5) is 17.1 Å². The Morgan fingerprint density at radius 3 is 2.51 bits per heavy atom. The number of hydrogen-bond acceptors (Lipinski definition) is 9. The molecule has 2 heterocycles. The molecule has 0 spiro atoms. The van der Waals surface area contributed by atoms with Gasteiger partial charge in [0.2, 0.25) is 0 Å². The fourth-order valence-electron chi connectivity index (χ4n) is 4.61.